The average molecular weight is 481 g/mol. The molecule has 1 amide bonds. The van der Waals surface area contributed by atoms with Crippen molar-refractivity contribution in [3.05, 3.63) is 52.5 Å². The Labute approximate surface area is 185 Å². The van der Waals surface area contributed by atoms with Crippen LogP contribution in [0, 0.1) is 5.92 Å². The number of thiocarbonyl (C=S) groups is 1. The molecule has 0 unspecified atom stereocenters. The Balaban J connectivity index is 2.06. The zero-order valence-electron chi connectivity index (χ0n) is 16.7. The molecule has 0 fully saturated rings. The van der Waals surface area contributed by atoms with Crippen LogP contribution in [-0.2, 0) is 4.74 Å². The van der Waals surface area contributed by atoms with Crippen molar-refractivity contribution in [1.29, 1.82) is 0 Å². The van der Waals surface area contributed by atoms with Gasteiger partial charge in [0.15, 0.2) is 5.11 Å². The third-order valence-corrected chi connectivity index (χ3v) is 4.36. The zero-order valence-corrected chi connectivity index (χ0v) is 19.1. The summed E-state index contributed by atoms with van der Waals surface area (Å²) in [7, 11) is 1.59. The zero-order chi connectivity index (χ0) is 21.2. The number of anilines is 1. The molecular weight excluding hydrogens is 456 g/mol. The van der Waals surface area contributed by atoms with Crippen LogP contribution < -0.4 is 20.1 Å². The number of hydrogen-bond donors (Lipinski definition) is 2. The van der Waals surface area contributed by atoms with Crippen LogP contribution in [0.3, 0.4) is 0 Å². The highest BCUT2D eigenvalue weighted by molar-refractivity contribution is 9.10. The number of methoxy groups -OCH3 is 1. The highest BCUT2D eigenvalue weighted by Crippen LogP contribution is 2.25. The predicted octanol–water partition coefficient (Wildman–Crippen LogP) is 4.64. The van der Waals surface area contributed by atoms with Crippen molar-refractivity contribution in [2.45, 2.75) is 13.8 Å². The molecule has 0 aromatic heterocycles. The van der Waals surface area contributed by atoms with E-state index in [0.29, 0.717) is 48.5 Å². The Morgan fingerprint density at radius 2 is 1.86 bits per heavy atom. The van der Waals surface area contributed by atoms with Crippen LogP contribution in [0.15, 0.2) is 46.9 Å². The minimum Gasteiger partial charge on any atom is -0.491 e. The van der Waals surface area contributed by atoms with Gasteiger partial charge in [-0.3, -0.25) is 10.1 Å². The number of carbonyl (C=O) groups is 1. The number of para-hydroxylation sites is 2. The Hall–Kier alpha value is -2.16. The smallest absolute Gasteiger partial charge is 0.261 e. The van der Waals surface area contributed by atoms with Crippen LogP contribution in [0.5, 0.6) is 11.5 Å². The number of halogens is 1. The summed E-state index contributed by atoms with van der Waals surface area (Å²) in [5.41, 5.74) is 1.05. The minimum atomic E-state index is -0.378. The van der Waals surface area contributed by atoms with E-state index in [0.717, 1.165) is 4.47 Å². The molecule has 29 heavy (non-hydrogen) atoms. The number of benzene rings is 2. The maximum atomic E-state index is 12.7. The van der Waals surface area contributed by atoms with Gasteiger partial charge in [0, 0.05) is 11.6 Å². The van der Waals surface area contributed by atoms with Gasteiger partial charge in [-0.15, -0.1) is 0 Å². The molecule has 2 aromatic rings. The van der Waals surface area contributed by atoms with Crippen molar-refractivity contribution in [3.63, 3.8) is 0 Å². The summed E-state index contributed by atoms with van der Waals surface area (Å²) < 4.78 is 17.2. The van der Waals surface area contributed by atoms with Crippen LogP contribution in [-0.4, -0.2) is 38.0 Å². The fraction of sp³-hybridized carbons (Fsp3) is 0.333. The van der Waals surface area contributed by atoms with Crippen molar-refractivity contribution in [1.82, 2.24) is 5.32 Å². The van der Waals surface area contributed by atoms with E-state index in [9.17, 15) is 4.79 Å². The lowest BCUT2D eigenvalue weighted by Gasteiger charge is -2.16. The summed E-state index contributed by atoms with van der Waals surface area (Å²) >= 11 is 8.70. The first-order valence-corrected chi connectivity index (χ1v) is 10.4. The fourth-order valence-corrected chi connectivity index (χ4v) is 2.88. The number of amides is 1. The maximum Gasteiger partial charge on any atom is 0.261 e. The highest BCUT2D eigenvalue weighted by atomic mass is 79.9. The van der Waals surface area contributed by atoms with Crippen LogP contribution in [0.1, 0.15) is 24.2 Å². The van der Waals surface area contributed by atoms with Crippen LogP contribution in [0.2, 0.25) is 0 Å². The molecule has 0 aliphatic carbocycles. The molecule has 2 rings (SSSR count). The van der Waals surface area contributed by atoms with E-state index in [4.69, 9.17) is 26.4 Å². The van der Waals surface area contributed by atoms with E-state index in [1.165, 1.54) is 0 Å². The average Bonchev–Trinajstić information content (AvgIpc) is 2.68. The monoisotopic (exact) mass is 480 g/mol. The van der Waals surface area contributed by atoms with E-state index >= 15 is 0 Å². The molecule has 6 nitrogen and oxygen atoms in total. The van der Waals surface area contributed by atoms with Gasteiger partial charge in [-0.2, -0.15) is 0 Å². The summed E-state index contributed by atoms with van der Waals surface area (Å²) in [6, 6.07) is 12.6. The second-order valence-corrected chi connectivity index (χ2v) is 7.91. The lowest BCUT2D eigenvalue weighted by Crippen LogP contribution is -2.34. The normalized spacial score (nSPS) is 10.5. The van der Waals surface area contributed by atoms with Crippen molar-refractivity contribution < 1.29 is 19.0 Å². The first kappa shape index (κ1) is 23.1. The molecule has 0 saturated carbocycles. The minimum absolute atomic E-state index is 0.165. The second-order valence-electron chi connectivity index (χ2n) is 6.59. The van der Waals surface area contributed by atoms with E-state index in [1.807, 2.05) is 24.3 Å². The molecule has 0 heterocycles. The van der Waals surface area contributed by atoms with Gasteiger partial charge < -0.3 is 19.5 Å². The van der Waals surface area contributed by atoms with E-state index in [-0.39, 0.29) is 11.0 Å². The summed E-state index contributed by atoms with van der Waals surface area (Å²) in [4.78, 5) is 12.7. The standard InChI is InChI=1S/C21H25BrN2O4S/c1-14(2)13-28-19-7-5-4-6-17(19)23-21(29)24-20(25)16-12-15(22)8-9-18(16)27-11-10-26-3/h4-9,12,14H,10-11,13H2,1-3H3,(H2,23,24,25,29). The molecular formula is C21H25BrN2O4S. The summed E-state index contributed by atoms with van der Waals surface area (Å²) in [5, 5.41) is 5.88. The molecule has 0 radical (unpaired) electrons. The lowest BCUT2D eigenvalue weighted by atomic mass is 10.2. The van der Waals surface area contributed by atoms with Crippen molar-refractivity contribution >= 4 is 44.9 Å². The quantitative estimate of drug-likeness (QED) is 0.402. The first-order valence-electron chi connectivity index (χ1n) is 9.16. The molecule has 2 aromatic carbocycles. The van der Waals surface area contributed by atoms with E-state index in [1.54, 1.807) is 25.3 Å². The van der Waals surface area contributed by atoms with Crippen LogP contribution in [0.25, 0.3) is 0 Å². The van der Waals surface area contributed by atoms with Gasteiger partial charge in [0.1, 0.15) is 18.1 Å². The van der Waals surface area contributed by atoms with Crippen LogP contribution >= 0.6 is 28.1 Å². The molecule has 0 saturated heterocycles. The Bertz CT molecular complexity index is 845. The Kier molecular flexibility index (Phi) is 9.37. The van der Waals surface area contributed by atoms with Gasteiger partial charge in [-0.05, 0) is 48.5 Å². The summed E-state index contributed by atoms with van der Waals surface area (Å²) in [6.07, 6.45) is 0. The largest absolute Gasteiger partial charge is 0.491 e. The van der Waals surface area contributed by atoms with Gasteiger partial charge in [0.2, 0.25) is 0 Å². The molecule has 0 bridgehead atoms. The van der Waals surface area contributed by atoms with Gasteiger partial charge in [-0.1, -0.05) is 41.9 Å². The number of ether oxygens (including phenoxy) is 3. The third kappa shape index (κ3) is 7.64. The molecule has 0 spiro atoms. The first-order chi connectivity index (χ1) is 13.9. The van der Waals surface area contributed by atoms with Gasteiger partial charge in [0.25, 0.3) is 5.91 Å². The third-order valence-electron chi connectivity index (χ3n) is 3.67. The van der Waals surface area contributed by atoms with Crippen molar-refractivity contribution in [3.8, 4) is 11.5 Å². The molecule has 8 heteroatoms. The molecule has 156 valence electrons. The second kappa shape index (κ2) is 11.7. The van der Waals surface area contributed by atoms with E-state index < -0.39 is 0 Å². The number of carbonyl (C=O) groups excluding carboxylic acids is 1. The summed E-state index contributed by atoms with van der Waals surface area (Å²) in [6.45, 7) is 5.49. The number of rotatable bonds is 9. The Morgan fingerprint density at radius 1 is 1.10 bits per heavy atom. The predicted molar refractivity (Wildman–Crippen MR) is 122 cm³/mol. The van der Waals surface area contributed by atoms with Gasteiger partial charge in [0.05, 0.1) is 24.5 Å². The molecule has 2 N–H and O–H groups in total. The highest BCUT2D eigenvalue weighted by Gasteiger charge is 2.16. The van der Waals surface area contributed by atoms with E-state index in [2.05, 4.69) is 40.4 Å². The molecule has 0 aliphatic heterocycles. The summed E-state index contributed by atoms with van der Waals surface area (Å²) in [5.74, 6) is 1.13. The van der Waals surface area contributed by atoms with Crippen molar-refractivity contribution in [2.24, 2.45) is 5.92 Å². The maximum absolute atomic E-state index is 12.7. The van der Waals surface area contributed by atoms with Crippen molar-refractivity contribution in [2.75, 3.05) is 32.2 Å². The van der Waals surface area contributed by atoms with Crippen LogP contribution in [0.4, 0.5) is 5.69 Å². The van der Waals surface area contributed by atoms with Gasteiger partial charge >= 0.3 is 0 Å². The lowest BCUT2D eigenvalue weighted by molar-refractivity contribution is 0.0969. The number of hydrogen-bond acceptors (Lipinski definition) is 5. The Morgan fingerprint density at radius 3 is 2.59 bits per heavy atom. The molecule has 0 atom stereocenters. The fourth-order valence-electron chi connectivity index (χ4n) is 2.32. The SMILES string of the molecule is COCCOc1ccc(Br)cc1C(=O)NC(=S)Nc1ccccc1OCC(C)C. The van der Waals surface area contributed by atoms with Gasteiger partial charge in [-0.25, -0.2) is 0 Å². The topological polar surface area (TPSA) is 68.8 Å². The number of nitrogens with one attached hydrogen (secondary N) is 2. The molecule has 0 aliphatic rings.